The average molecular weight is 271 g/mol. The van der Waals surface area contributed by atoms with Gasteiger partial charge < -0.3 is 20.5 Å². The number of pyridine rings is 1. The van der Waals surface area contributed by atoms with Crippen LogP contribution in [0.5, 0.6) is 11.5 Å². The Morgan fingerprint density at radius 1 is 1.25 bits per heavy atom. The van der Waals surface area contributed by atoms with Gasteiger partial charge in [-0.25, -0.2) is 4.98 Å². The first kappa shape index (κ1) is 11.8. The number of fused-ring (bicyclic) bond motifs is 2. The number of anilines is 1. The minimum atomic E-state index is 0.278. The van der Waals surface area contributed by atoms with Gasteiger partial charge in [0.1, 0.15) is 5.82 Å². The zero-order valence-electron chi connectivity index (χ0n) is 11.2. The average Bonchev–Trinajstić information content (AvgIpc) is 3.13. The normalized spacial score (nSPS) is 18.2. The van der Waals surface area contributed by atoms with Gasteiger partial charge in [0.15, 0.2) is 11.5 Å². The number of nitrogens with zero attached hydrogens (tertiary/aromatic N) is 1. The smallest absolute Gasteiger partial charge is 0.231 e. The van der Waals surface area contributed by atoms with E-state index in [1.54, 1.807) is 0 Å². The van der Waals surface area contributed by atoms with Gasteiger partial charge in [0.2, 0.25) is 6.79 Å². The molecule has 4 rings (SSSR count). The summed E-state index contributed by atoms with van der Waals surface area (Å²) in [5.74, 6) is 2.48. The molecule has 5 nitrogen and oxygen atoms in total. The fraction of sp³-hybridized carbons (Fsp3) is 0.400. The van der Waals surface area contributed by atoms with Crippen LogP contribution in [0.15, 0.2) is 24.4 Å². The predicted molar refractivity (Wildman–Crippen MR) is 77.1 cm³/mol. The molecule has 0 spiro atoms. The minimum absolute atomic E-state index is 0.278. The van der Waals surface area contributed by atoms with Gasteiger partial charge in [-0.3, -0.25) is 0 Å². The van der Waals surface area contributed by atoms with E-state index in [-0.39, 0.29) is 12.2 Å². The maximum Gasteiger partial charge on any atom is 0.231 e. The van der Waals surface area contributed by atoms with Crippen LogP contribution in [-0.2, 0) is 0 Å². The Labute approximate surface area is 117 Å². The molecule has 5 heteroatoms. The van der Waals surface area contributed by atoms with Gasteiger partial charge in [-0.05, 0) is 48.4 Å². The van der Waals surface area contributed by atoms with Crippen molar-refractivity contribution >= 4 is 16.6 Å². The van der Waals surface area contributed by atoms with Crippen LogP contribution < -0.4 is 20.5 Å². The number of nitrogens with two attached hydrogens (primary N) is 1. The SMILES string of the molecule is NCC1(CNc2nccc3cc4c(cc23)OCO4)CC1. The van der Waals surface area contributed by atoms with Gasteiger partial charge >= 0.3 is 0 Å². The Morgan fingerprint density at radius 3 is 2.80 bits per heavy atom. The van der Waals surface area contributed by atoms with Gasteiger partial charge in [0.05, 0.1) is 0 Å². The summed E-state index contributed by atoms with van der Waals surface area (Å²) in [6.45, 7) is 1.90. The lowest BCUT2D eigenvalue weighted by Crippen LogP contribution is -2.24. The lowest BCUT2D eigenvalue weighted by atomic mass is 10.1. The summed E-state index contributed by atoms with van der Waals surface area (Å²) in [6, 6.07) is 5.98. The Morgan fingerprint density at radius 2 is 2.05 bits per heavy atom. The maximum atomic E-state index is 5.82. The molecule has 0 atom stereocenters. The van der Waals surface area contributed by atoms with Crippen LogP contribution in [0, 0.1) is 5.41 Å². The van der Waals surface area contributed by atoms with Crippen molar-refractivity contribution in [2.24, 2.45) is 11.1 Å². The van der Waals surface area contributed by atoms with Gasteiger partial charge in [0.25, 0.3) is 0 Å². The van der Waals surface area contributed by atoms with E-state index in [0.717, 1.165) is 41.2 Å². The Hall–Kier alpha value is -2.01. The van der Waals surface area contributed by atoms with Crippen molar-refractivity contribution in [1.82, 2.24) is 4.98 Å². The molecule has 2 aliphatic rings. The molecule has 1 aliphatic heterocycles. The molecule has 1 fully saturated rings. The predicted octanol–water partition coefficient (Wildman–Crippen LogP) is 2.11. The molecular weight excluding hydrogens is 254 g/mol. The van der Waals surface area contributed by atoms with Crippen molar-refractivity contribution in [3.63, 3.8) is 0 Å². The molecule has 104 valence electrons. The summed E-state index contributed by atoms with van der Waals surface area (Å²) in [5.41, 5.74) is 6.10. The van der Waals surface area contributed by atoms with E-state index in [9.17, 15) is 0 Å². The molecule has 2 heterocycles. The highest BCUT2D eigenvalue weighted by Gasteiger charge is 2.40. The van der Waals surface area contributed by atoms with Crippen molar-refractivity contribution in [1.29, 1.82) is 0 Å². The van der Waals surface area contributed by atoms with E-state index in [0.29, 0.717) is 0 Å². The first-order valence-corrected chi connectivity index (χ1v) is 6.92. The summed E-state index contributed by atoms with van der Waals surface area (Å²) < 4.78 is 10.9. The highest BCUT2D eigenvalue weighted by atomic mass is 16.7. The first-order chi connectivity index (χ1) is 9.80. The third kappa shape index (κ3) is 1.86. The number of rotatable bonds is 4. The number of aromatic nitrogens is 1. The van der Waals surface area contributed by atoms with E-state index in [1.165, 1.54) is 12.8 Å². The van der Waals surface area contributed by atoms with Crippen molar-refractivity contribution < 1.29 is 9.47 Å². The maximum absolute atomic E-state index is 5.82. The molecule has 1 aromatic carbocycles. The van der Waals surface area contributed by atoms with E-state index in [1.807, 2.05) is 24.4 Å². The molecule has 0 unspecified atom stereocenters. The molecule has 0 radical (unpaired) electrons. The third-order valence-corrected chi connectivity index (χ3v) is 4.28. The molecule has 1 aliphatic carbocycles. The van der Waals surface area contributed by atoms with Crippen LogP contribution in [0.2, 0.25) is 0 Å². The molecule has 3 N–H and O–H groups in total. The van der Waals surface area contributed by atoms with E-state index < -0.39 is 0 Å². The molecule has 0 bridgehead atoms. The lowest BCUT2D eigenvalue weighted by Gasteiger charge is -2.15. The summed E-state index contributed by atoms with van der Waals surface area (Å²) in [4.78, 5) is 4.45. The molecule has 1 aromatic heterocycles. The van der Waals surface area contributed by atoms with E-state index >= 15 is 0 Å². The number of ether oxygens (including phenoxy) is 2. The Balaban J connectivity index is 1.68. The number of hydrogen-bond donors (Lipinski definition) is 2. The van der Waals surface area contributed by atoms with Gasteiger partial charge in [-0.1, -0.05) is 0 Å². The summed E-state index contributed by atoms with van der Waals surface area (Å²) >= 11 is 0. The molecule has 20 heavy (non-hydrogen) atoms. The van der Waals surface area contributed by atoms with E-state index in [2.05, 4.69) is 10.3 Å². The van der Waals surface area contributed by atoms with Crippen LogP contribution in [0.3, 0.4) is 0 Å². The highest BCUT2D eigenvalue weighted by Crippen LogP contribution is 2.45. The molecular formula is C15H17N3O2. The van der Waals surface area contributed by atoms with Crippen molar-refractivity contribution in [3.8, 4) is 11.5 Å². The summed E-state index contributed by atoms with van der Waals surface area (Å²) in [6.07, 6.45) is 4.22. The molecule has 2 aromatic rings. The molecule has 0 saturated heterocycles. The van der Waals surface area contributed by atoms with Crippen molar-refractivity contribution in [2.45, 2.75) is 12.8 Å². The Kier molecular flexibility index (Phi) is 2.50. The zero-order chi connectivity index (χ0) is 13.6. The standard InChI is InChI=1S/C15H17N3O2/c16-7-15(2-3-15)8-18-14-11-6-13-12(19-9-20-13)5-10(11)1-4-17-14/h1,4-6H,2-3,7-9,16H2,(H,17,18). The quantitative estimate of drug-likeness (QED) is 0.891. The first-order valence-electron chi connectivity index (χ1n) is 6.92. The second kappa shape index (κ2) is 4.24. The van der Waals surface area contributed by atoms with Crippen LogP contribution in [-0.4, -0.2) is 24.9 Å². The van der Waals surface area contributed by atoms with Crippen LogP contribution in [0.4, 0.5) is 5.82 Å². The molecule has 0 amide bonds. The fourth-order valence-electron chi connectivity index (χ4n) is 2.60. The topological polar surface area (TPSA) is 69.4 Å². The number of benzene rings is 1. The number of hydrogen-bond acceptors (Lipinski definition) is 5. The highest BCUT2D eigenvalue weighted by molar-refractivity contribution is 5.94. The van der Waals surface area contributed by atoms with E-state index in [4.69, 9.17) is 15.2 Å². The largest absolute Gasteiger partial charge is 0.454 e. The van der Waals surface area contributed by atoms with Gasteiger partial charge in [-0.15, -0.1) is 0 Å². The summed E-state index contributed by atoms with van der Waals surface area (Å²) in [5, 5.41) is 5.61. The third-order valence-electron chi connectivity index (χ3n) is 4.28. The summed E-state index contributed by atoms with van der Waals surface area (Å²) in [7, 11) is 0. The minimum Gasteiger partial charge on any atom is -0.454 e. The number of nitrogens with one attached hydrogen (secondary N) is 1. The van der Waals surface area contributed by atoms with Crippen LogP contribution in [0.1, 0.15) is 12.8 Å². The van der Waals surface area contributed by atoms with Crippen molar-refractivity contribution in [3.05, 3.63) is 24.4 Å². The second-order valence-electron chi connectivity index (χ2n) is 5.64. The van der Waals surface area contributed by atoms with Crippen molar-refractivity contribution in [2.75, 3.05) is 25.2 Å². The van der Waals surface area contributed by atoms with Crippen LogP contribution >= 0.6 is 0 Å². The van der Waals surface area contributed by atoms with Gasteiger partial charge in [0, 0.05) is 18.1 Å². The fourth-order valence-corrected chi connectivity index (χ4v) is 2.60. The second-order valence-corrected chi connectivity index (χ2v) is 5.64. The van der Waals surface area contributed by atoms with Gasteiger partial charge in [-0.2, -0.15) is 0 Å². The molecule has 1 saturated carbocycles. The zero-order valence-corrected chi connectivity index (χ0v) is 11.2. The monoisotopic (exact) mass is 271 g/mol. The Bertz CT molecular complexity index is 667. The van der Waals surface area contributed by atoms with Crippen LogP contribution in [0.25, 0.3) is 10.8 Å². The lowest BCUT2D eigenvalue weighted by molar-refractivity contribution is 0.174.